The van der Waals surface area contributed by atoms with Crippen LogP contribution in [0.2, 0.25) is 0 Å². The molecule has 2 aromatic heterocycles. The third-order valence-electron chi connectivity index (χ3n) is 4.17. The van der Waals surface area contributed by atoms with E-state index in [0.717, 1.165) is 39.5 Å². The van der Waals surface area contributed by atoms with Crippen molar-refractivity contribution in [1.29, 1.82) is 0 Å². The molecule has 0 aliphatic carbocycles. The number of hydrogen-bond donors (Lipinski definition) is 1. The summed E-state index contributed by atoms with van der Waals surface area (Å²) in [7, 11) is 0. The van der Waals surface area contributed by atoms with E-state index in [1.165, 1.54) is 0 Å². The van der Waals surface area contributed by atoms with E-state index < -0.39 is 0 Å². The van der Waals surface area contributed by atoms with Crippen molar-refractivity contribution in [1.82, 2.24) is 15.1 Å². The Morgan fingerprint density at radius 1 is 0.885 bits per heavy atom. The molecule has 0 saturated carbocycles. The van der Waals surface area contributed by atoms with E-state index in [9.17, 15) is 0 Å². The molecule has 4 rings (SSSR count). The van der Waals surface area contributed by atoms with Crippen molar-refractivity contribution in [2.45, 2.75) is 13.8 Å². The van der Waals surface area contributed by atoms with E-state index in [1.54, 1.807) is 6.20 Å². The van der Waals surface area contributed by atoms with Crippen LogP contribution in [0.15, 0.2) is 71.4 Å². The van der Waals surface area contributed by atoms with E-state index in [2.05, 4.69) is 20.4 Å². The van der Waals surface area contributed by atoms with Crippen LogP contribution in [0.1, 0.15) is 11.5 Å². The van der Waals surface area contributed by atoms with Crippen molar-refractivity contribution in [2.75, 3.05) is 5.32 Å². The molecule has 0 amide bonds. The summed E-state index contributed by atoms with van der Waals surface area (Å²) in [5.74, 6) is 1.37. The molecule has 0 fully saturated rings. The standard InChI is InChI=1S/C21H18N4O/c1-14-20(15(2)26-25-14)17-9-6-10-18(13-17)23-21-22-12-11-19(24-21)16-7-4-3-5-8-16/h3-13H,1-2H3,(H,22,23,24). The molecular formula is C21H18N4O. The zero-order valence-corrected chi connectivity index (χ0v) is 14.6. The summed E-state index contributed by atoms with van der Waals surface area (Å²) >= 11 is 0. The number of anilines is 2. The maximum Gasteiger partial charge on any atom is 0.227 e. The third kappa shape index (κ3) is 3.19. The number of aromatic nitrogens is 3. The van der Waals surface area contributed by atoms with Crippen molar-refractivity contribution in [3.8, 4) is 22.4 Å². The lowest BCUT2D eigenvalue weighted by Crippen LogP contribution is -1.98. The van der Waals surface area contributed by atoms with E-state index in [1.807, 2.05) is 74.5 Å². The molecule has 0 radical (unpaired) electrons. The number of hydrogen-bond acceptors (Lipinski definition) is 5. The Hall–Kier alpha value is -3.47. The van der Waals surface area contributed by atoms with Crippen LogP contribution < -0.4 is 5.32 Å². The molecule has 0 unspecified atom stereocenters. The Labute approximate surface area is 151 Å². The van der Waals surface area contributed by atoms with Gasteiger partial charge in [0.15, 0.2) is 0 Å². The summed E-state index contributed by atoms with van der Waals surface area (Å²) in [4.78, 5) is 8.95. The largest absolute Gasteiger partial charge is 0.361 e. The van der Waals surface area contributed by atoms with Crippen molar-refractivity contribution < 1.29 is 4.52 Å². The second-order valence-corrected chi connectivity index (χ2v) is 6.04. The van der Waals surface area contributed by atoms with Crippen molar-refractivity contribution in [3.05, 3.63) is 78.3 Å². The lowest BCUT2D eigenvalue weighted by atomic mass is 10.0. The Kier molecular flexibility index (Phi) is 4.19. The minimum atomic E-state index is 0.558. The van der Waals surface area contributed by atoms with Gasteiger partial charge in [-0.2, -0.15) is 0 Å². The molecule has 26 heavy (non-hydrogen) atoms. The van der Waals surface area contributed by atoms with Crippen LogP contribution in [-0.2, 0) is 0 Å². The van der Waals surface area contributed by atoms with Crippen LogP contribution in [0.3, 0.4) is 0 Å². The van der Waals surface area contributed by atoms with E-state index in [4.69, 9.17) is 4.52 Å². The van der Waals surface area contributed by atoms with Crippen LogP contribution in [0, 0.1) is 13.8 Å². The normalized spacial score (nSPS) is 10.7. The minimum Gasteiger partial charge on any atom is -0.361 e. The second kappa shape index (κ2) is 6.80. The maximum absolute atomic E-state index is 5.28. The van der Waals surface area contributed by atoms with Crippen LogP contribution >= 0.6 is 0 Å². The van der Waals surface area contributed by atoms with Gasteiger partial charge in [0.05, 0.1) is 11.4 Å². The fourth-order valence-corrected chi connectivity index (χ4v) is 2.97. The van der Waals surface area contributed by atoms with Gasteiger partial charge in [-0.05, 0) is 37.6 Å². The lowest BCUT2D eigenvalue weighted by Gasteiger charge is -2.08. The van der Waals surface area contributed by atoms with Gasteiger partial charge in [0.2, 0.25) is 5.95 Å². The van der Waals surface area contributed by atoms with E-state index in [0.29, 0.717) is 5.95 Å². The summed E-state index contributed by atoms with van der Waals surface area (Å²) in [5.41, 5.74) is 5.79. The molecule has 0 saturated heterocycles. The molecule has 4 aromatic rings. The highest BCUT2D eigenvalue weighted by Gasteiger charge is 2.12. The number of rotatable bonds is 4. The number of aryl methyl sites for hydroxylation is 2. The minimum absolute atomic E-state index is 0.558. The lowest BCUT2D eigenvalue weighted by molar-refractivity contribution is 0.393. The first-order valence-corrected chi connectivity index (χ1v) is 8.39. The Morgan fingerprint density at radius 2 is 1.69 bits per heavy atom. The van der Waals surface area contributed by atoms with Gasteiger partial charge in [0.1, 0.15) is 5.76 Å². The zero-order valence-electron chi connectivity index (χ0n) is 14.6. The summed E-state index contributed by atoms with van der Waals surface area (Å²) in [6.07, 6.45) is 1.76. The van der Waals surface area contributed by atoms with Gasteiger partial charge in [-0.1, -0.05) is 47.6 Å². The number of nitrogens with zero attached hydrogens (tertiary/aromatic N) is 3. The van der Waals surface area contributed by atoms with Gasteiger partial charge in [-0.3, -0.25) is 0 Å². The highest BCUT2D eigenvalue weighted by atomic mass is 16.5. The molecule has 0 aliphatic rings. The van der Waals surface area contributed by atoms with Crippen LogP contribution in [0.25, 0.3) is 22.4 Å². The Morgan fingerprint density at radius 3 is 2.46 bits per heavy atom. The van der Waals surface area contributed by atoms with Crippen LogP contribution in [0.5, 0.6) is 0 Å². The monoisotopic (exact) mass is 342 g/mol. The summed E-state index contributed by atoms with van der Waals surface area (Å²) in [6.45, 7) is 3.86. The quantitative estimate of drug-likeness (QED) is 0.555. The molecule has 0 spiro atoms. The molecule has 2 aromatic carbocycles. The second-order valence-electron chi connectivity index (χ2n) is 6.04. The molecule has 0 atom stereocenters. The predicted octanol–water partition coefficient (Wildman–Crippen LogP) is 5.16. The van der Waals surface area contributed by atoms with Gasteiger partial charge < -0.3 is 9.84 Å². The number of nitrogens with one attached hydrogen (secondary N) is 1. The fraction of sp³-hybridized carbons (Fsp3) is 0.0952. The average molecular weight is 342 g/mol. The third-order valence-corrected chi connectivity index (χ3v) is 4.17. The highest BCUT2D eigenvalue weighted by molar-refractivity contribution is 5.72. The molecule has 128 valence electrons. The SMILES string of the molecule is Cc1noc(C)c1-c1cccc(Nc2nccc(-c3ccccc3)n2)c1. The van der Waals surface area contributed by atoms with Crippen molar-refractivity contribution in [3.63, 3.8) is 0 Å². The van der Waals surface area contributed by atoms with Gasteiger partial charge in [0.25, 0.3) is 0 Å². The van der Waals surface area contributed by atoms with Gasteiger partial charge in [0, 0.05) is 23.0 Å². The molecule has 0 bridgehead atoms. The highest BCUT2D eigenvalue weighted by Crippen LogP contribution is 2.29. The smallest absolute Gasteiger partial charge is 0.227 e. The van der Waals surface area contributed by atoms with Gasteiger partial charge >= 0.3 is 0 Å². The first kappa shape index (κ1) is 16.0. The van der Waals surface area contributed by atoms with E-state index in [-0.39, 0.29) is 0 Å². The maximum atomic E-state index is 5.28. The van der Waals surface area contributed by atoms with E-state index >= 15 is 0 Å². The first-order chi connectivity index (χ1) is 12.7. The molecule has 5 heteroatoms. The molecule has 1 N–H and O–H groups in total. The summed E-state index contributed by atoms with van der Waals surface area (Å²) in [5, 5.41) is 7.31. The Bertz CT molecular complexity index is 1020. The van der Waals surface area contributed by atoms with Crippen molar-refractivity contribution >= 4 is 11.6 Å². The Balaban J connectivity index is 1.64. The summed E-state index contributed by atoms with van der Waals surface area (Å²) < 4.78 is 5.28. The molecule has 5 nitrogen and oxygen atoms in total. The van der Waals surface area contributed by atoms with Crippen molar-refractivity contribution in [2.24, 2.45) is 0 Å². The van der Waals surface area contributed by atoms with Gasteiger partial charge in [-0.15, -0.1) is 0 Å². The van der Waals surface area contributed by atoms with Crippen LogP contribution in [0.4, 0.5) is 11.6 Å². The molecule has 2 heterocycles. The molecule has 0 aliphatic heterocycles. The zero-order chi connectivity index (χ0) is 17.9. The predicted molar refractivity (Wildman–Crippen MR) is 102 cm³/mol. The summed E-state index contributed by atoms with van der Waals surface area (Å²) in [6, 6.07) is 20.0. The fourth-order valence-electron chi connectivity index (χ4n) is 2.97. The molecular weight excluding hydrogens is 324 g/mol. The number of benzene rings is 2. The first-order valence-electron chi connectivity index (χ1n) is 8.39. The topological polar surface area (TPSA) is 63.8 Å². The van der Waals surface area contributed by atoms with Crippen LogP contribution in [-0.4, -0.2) is 15.1 Å². The average Bonchev–Trinajstić information content (AvgIpc) is 3.01. The van der Waals surface area contributed by atoms with Gasteiger partial charge in [-0.25, -0.2) is 9.97 Å².